The third-order valence-corrected chi connectivity index (χ3v) is 1.24. The number of rotatable bonds is 4. The van der Waals surface area contributed by atoms with E-state index in [-0.39, 0.29) is 0 Å². The lowest BCUT2D eigenvalue weighted by molar-refractivity contribution is 0.650. The van der Waals surface area contributed by atoms with Crippen LogP contribution in [0.2, 0.25) is 0 Å². The van der Waals surface area contributed by atoms with Crippen LogP contribution in [0.15, 0.2) is 37.0 Å². The second-order valence-corrected chi connectivity index (χ2v) is 2.78. The molecule has 0 aromatic rings. The van der Waals surface area contributed by atoms with Crippen molar-refractivity contribution in [1.82, 2.24) is 0 Å². The molecular formula is C12H22. The Morgan fingerprint density at radius 1 is 1.25 bits per heavy atom. The first-order valence-corrected chi connectivity index (χ1v) is 4.64. The average molecular weight is 166 g/mol. The highest BCUT2D eigenvalue weighted by Gasteiger charge is 1.94. The van der Waals surface area contributed by atoms with Crippen molar-refractivity contribution in [3.8, 4) is 0 Å². The third-order valence-electron chi connectivity index (χ3n) is 1.24. The van der Waals surface area contributed by atoms with Crippen LogP contribution >= 0.6 is 0 Å². The molecule has 0 nitrogen and oxygen atoms in total. The van der Waals surface area contributed by atoms with E-state index in [1.165, 1.54) is 5.57 Å². The van der Waals surface area contributed by atoms with Crippen LogP contribution in [0.1, 0.15) is 34.1 Å². The summed E-state index contributed by atoms with van der Waals surface area (Å²) < 4.78 is 0. The van der Waals surface area contributed by atoms with E-state index in [4.69, 9.17) is 0 Å². The lowest BCUT2D eigenvalue weighted by Gasteiger charge is -2.03. The van der Waals surface area contributed by atoms with Gasteiger partial charge in [0.1, 0.15) is 0 Å². The van der Waals surface area contributed by atoms with Crippen LogP contribution in [-0.4, -0.2) is 0 Å². The Hall–Kier alpha value is -0.780. The van der Waals surface area contributed by atoms with Crippen molar-refractivity contribution in [2.24, 2.45) is 5.92 Å². The van der Waals surface area contributed by atoms with Gasteiger partial charge < -0.3 is 0 Å². The average Bonchev–Trinajstić information content (AvgIpc) is 2.07. The molecule has 0 aliphatic rings. The molecule has 0 radical (unpaired) electrons. The molecule has 0 aromatic carbocycles. The molecule has 70 valence electrons. The minimum Gasteiger partial charge on any atom is -0.0991 e. The van der Waals surface area contributed by atoms with Gasteiger partial charge in [-0.3, -0.25) is 0 Å². The van der Waals surface area contributed by atoms with Gasteiger partial charge in [0, 0.05) is 0 Å². The first-order chi connectivity index (χ1) is 5.70. The standard InChI is InChI=1S/C10H16.C2H6/c1-5-7-10(6-2)8-9(3)4;1-2/h5-7,9H,1-2,8H2,3-4H3;1-2H3/b10-7+;. The predicted octanol–water partition coefficient (Wildman–Crippen LogP) is 4.36. The molecule has 0 saturated carbocycles. The van der Waals surface area contributed by atoms with Crippen LogP contribution in [-0.2, 0) is 0 Å². The van der Waals surface area contributed by atoms with Crippen LogP contribution in [0.5, 0.6) is 0 Å². The minimum atomic E-state index is 0.698. The molecule has 0 atom stereocenters. The Morgan fingerprint density at radius 2 is 1.75 bits per heavy atom. The monoisotopic (exact) mass is 166 g/mol. The van der Waals surface area contributed by atoms with Crippen molar-refractivity contribution in [2.75, 3.05) is 0 Å². The molecule has 0 aliphatic carbocycles. The van der Waals surface area contributed by atoms with Gasteiger partial charge in [-0.2, -0.15) is 0 Å². The highest BCUT2D eigenvalue weighted by Crippen LogP contribution is 2.10. The molecule has 0 spiro atoms. The summed E-state index contributed by atoms with van der Waals surface area (Å²) in [6, 6.07) is 0. The zero-order valence-electron chi connectivity index (χ0n) is 8.93. The summed E-state index contributed by atoms with van der Waals surface area (Å²) in [5.74, 6) is 0.698. The Kier molecular flexibility index (Phi) is 11.7. The molecule has 0 aliphatic heterocycles. The van der Waals surface area contributed by atoms with Gasteiger partial charge in [-0.25, -0.2) is 0 Å². The lowest BCUT2D eigenvalue weighted by Crippen LogP contribution is -1.87. The van der Waals surface area contributed by atoms with E-state index in [0.29, 0.717) is 5.92 Å². The molecule has 0 unspecified atom stereocenters. The summed E-state index contributed by atoms with van der Waals surface area (Å²) in [7, 11) is 0. The van der Waals surface area contributed by atoms with E-state index < -0.39 is 0 Å². The van der Waals surface area contributed by atoms with Gasteiger partial charge in [0.2, 0.25) is 0 Å². The van der Waals surface area contributed by atoms with Gasteiger partial charge >= 0.3 is 0 Å². The highest BCUT2D eigenvalue weighted by atomic mass is 14.0. The van der Waals surface area contributed by atoms with Crippen LogP contribution in [0.4, 0.5) is 0 Å². The van der Waals surface area contributed by atoms with E-state index in [2.05, 4.69) is 27.0 Å². The van der Waals surface area contributed by atoms with Crippen molar-refractivity contribution >= 4 is 0 Å². The molecule has 12 heavy (non-hydrogen) atoms. The first kappa shape index (κ1) is 13.8. The van der Waals surface area contributed by atoms with E-state index in [1.807, 2.05) is 26.0 Å². The van der Waals surface area contributed by atoms with Crippen molar-refractivity contribution in [3.63, 3.8) is 0 Å². The van der Waals surface area contributed by atoms with Crippen molar-refractivity contribution < 1.29 is 0 Å². The predicted molar refractivity (Wildman–Crippen MR) is 59.3 cm³/mol. The first-order valence-electron chi connectivity index (χ1n) is 4.64. The summed E-state index contributed by atoms with van der Waals surface area (Å²) in [4.78, 5) is 0. The Labute approximate surface area is 77.7 Å². The number of hydrogen-bond acceptors (Lipinski definition) is 0. The fourth-order valence-electron chi connectivity index (χ4n) is 0.842. The van der Waals surface area contributed by atoms with Gasteiger partial charge in [-0.15, -0.1) is 0 Å². The fraction of sp³-hybridized carbons (Fsp3) is 0.500. The molecule has 0 amide bonds. The zero-order valence-corrected chi connectivity index (χ0v) is 8.93. The molecule has 0 fully saturated rings. The van der Waals surface area contributed by atoms with Gasteiger partial charge in [0.25, 0.3) is 0 Å². The van der Waals surface area contributed by atoms with Gasteiger partial charge in [0.15, 0.2) is 0 Å². The topological polar surface area (TPSA) is 0 Å². The highest BCUT2D eigenvalue weighted by molar-refractivity contribution is 5.20. The quantitative estimate of drug-likeness (QED) is 0.544. The van der Waals surface area contributed by atoms with E-state index in [1.54, 1.807) is 6.08 Å². The van der Waals surface area contributed by atoms with E-state index in [9.17, 15) is 0 Å². The third kappa shape index (κ3) is 9.22. The number of hydrogen-bond donors (Lipinski definition) is 0. The zero-order chi connectivity index (χ0) is 9.98. The van der Waals surface area contributed by atoms with Crippen molar-refractivity contribution in [3.05, 3.63) is 37.0 Å². The summed E-state index contributed by atoms with van der Waals surface area (Å²) in [5, 5.41) is 0. The maximum absolute atomic E-state index is 3.72. The Balaban J connectivity index is 0. The summed E-state index contributed by atoms with van der Waals surface area (Å²) in [5.41, 5.74) is 1.27. The van der Waals surface area contributed by atoms with Crippen molar-refractivity contribution in [2.45, 2.75) is 34.1 Å². The van der Waals surface area contributed by atoms with Gasteiger partial charge in [0.05, 0.1) is 0 Å². The summed E-state index contributed by atoms with van der Waals surface area (Å²) in [6.07, 6.45) is 6.80. The van der Waals surface area contributed by atoms with Crippen LogP contribution in [0, 0.1) is 5.92 Å². The van der Waals surface area contributed by atoms with Crippen LogP contribution in [0.25, 0.3) is 0 Å². The van der Waals surface area contributed by atoms with E-state index in [0.717, 1.165) is 6.42 Å². The molecule has 0 heterocycles. The van der Waals surface area contributed by atoms with Crippen molar-refractivity contribution in [1.29, 1.82) is 0 Å². The fourth-order valence-corrected chi connectivity index (χ4v) is 0.842. The van der Waals surface area contributed by atoms with E-state index >= 15 is 0 Å². The SMILES string of the molecule is C=C/C=C(\C=C)CC(C)C.CC. The summed E-state index contributed by atoms with van der Waals surface area (Å²) >= 11 is 0. The molecule has 0 aromatic heterocycles. The van der Waals surface area contributed by atoms with Gasteiger partial charge in [-0.1, -0.05) is 59.1 Å². The Morgan fingerprint density at radius 3 is 2.00 bits per heavy atom. The van der Waals surface area contributed by atoms with Gasteiger partial charge in [-0.05, 0) is 17.9 Å². The molecule has 0 rings (SSSR count). The number of allylic oxidation sites excluding steroid dienone is 4. The maximum Gasteiger partial charge on any atom is -0.0256 e. The summed E-state index contributed by atoms with van der Waals surface area (Å²) in [6.45, 7) is 15.7. The van der Waals surface area contributed by atoms with Crippen LogP contribution in [0.3, 0.4) is 0 Å². The molecule has 0 saturated heterocycles. The minimum absolute atomic E-state index is 0.698. The normalized spacial score (nSPS) is 10.2. The van der Waals surface area contributed by atoms with Crippen LogP contribution < -0.4 is 0 Å². The lowest BCUT2D eigenvalue weighted by atomic mass is 10.0. The Bertz CT molecular complexity index is 138. The smallest absolute Gasteiger partial charge is 0.0256 e. The molecule has 0 N–H and O–H groups in total. The second kappa shape index (κ2) is 10.2. The molecular weight excluding hydrogens is 144 g/mol. The largest absolute Gasteiger partial charge is 0.0991 e. The molecule has 0 heteroatoms. The maximum atomic E-state index is 3.72. The molecule has 0 bridgehead atoms. The second-order valence-electron chi connectivity index (χ2n) is 2.78.